The summed E-state index contributed by atoms with van der Waals surface area (Å²) in [5.74, 6) is -0.555. The summed E-state index contributed by atoms with van der Waals surface area (Å²) in [5, 5.41) is 10.0. The molecule has 1 saturated heterocycles. The molecule has 0 spiro atoms. The summed E-state index contributed by atoms with van der Waals surface area (Å²) in [7, 11) is 3.79. The number of rotatable bonds is 3. The summed E-state index contributed by atoms with van der Waals surface area (Å²) in [6, 6.07) is 9.32. The van der Waals surface area contributed by atoms with Crippen molar-refractivity contribution in [3.05, 3.63) is 59.7 Å². The molecule has 1 N–H and O–H groups in total. The van der Waals surface area contributed by atoms with Crippen LogP contribution in [-0.2, 0) is 0 Å². The fourth-order valence-electron chi connectivity index (χ4n) is 3.00. The van der Waals surface area contributed by atoms with Crippen molar-refractivity contribution in [1.82, 2.24) is 9.88 Å². The first-order valence-corrected chi connectivity index (χ1v) is 7.83. The molecule has 1 fully saturated rings. The average Bonchev–Trinajstić information content (AvgIpc) is 2.96. The molecule has 2 atom stereocenters. The quantitative estimate of drug-likeness (QED) is 0.938. The highest BCUT2D eigenvalue weighted by molar-refractivity contribution is 5.93. The Kier molecular flexibility index (Phi) is 4.49. The number of amides is 1. The van der Waals surface area contributed by atoms with Crippen LogP contribution in [-0.4, -0.2) is 47.6 Å². The Hall–Kier alpha value is -2.47. The summed E-state index contributed by atoms with van der Waals surface area (Å²) < 4.78 is 13.1. The number of β-amino-alcohol motifs (C(OH)–C–C–N with tert-alkyl or cyclic N) is 1. The number of pyridine rings is 1. The zero-order valence-corrected chi connectivity index (χ0v) is 13.7. The second kappa shape index (κ2) is 6.57. The van der Waals surface area contributed by atoms with Gasteiger partial charge in [0.15, 0.2) is 0 Å². The Labute approximate surface area is 140 Å². The van der Waals surface area contributed by atoms with Crippen molar-refractivity contribution in [3.8, 4) is 0 Å². The molecule has 2 aromatic rings. The first kappa shape index (κ1) is 16.4. The fourth-order valence-corrected chi connectivity index (χ4v) is 3.00. The van der Waals surface area contributed by atoms with Crippen LogP contribution in [0.4, 0.5) is 10.1 Å². The summed E-state index contributed by atoms with van der Waals surface area (Å²) in [4.78, 5) is 20.6. The molecule has 0 saturated carbocycles. The minimum Gasteiger partial charge on any atom is -0.391 e. The third-order valence-corrected chi connectivity index (χ3v) is 4.27. The lowest BCUT2D eigenvalue weighted by Gasteiger charge is -2.25. The number of hydrogen-bond donors (Lipinski definition) is 1. The van der Waals surface area contributed by atoms with E-state index in [-0.39, 0.29) is 24.3 Å². The lowest BCUT2D eigenvalue weighted by molar-refractivity contribution is 0.0710. The first-order valence-electron chi connectivity index (χ1n) is 7.83. The maximum Gasteiger partial charge on any atom is 0.273 e. The van der Waals surface area contributed by atoms with Crippen LogP contribution in [0.25, 0.3) is 0 Å². The van der Waals surface area contributed by atoms with Crippen LogP contribution in [0.15, 0.2) is 42.6 Å². The number of anilines is 1. The van der Waals surface area contributed by atoms with Crippen LogP contribution in [0.1, 0.15) is 28.5 Å². The van der Waals surface area contributed by atoms with Gasteiger partial charge in [0.05, 0.1) is 12.1 Å². The molecule has 2 heterocycles. The van der Waals surface area contributed by atoms with E-state index in [9.17, 15) is 14.3 Å². The van der Waals surface area contributed by atoms with Crippen molar-refractivity contribution < 1.29 is 14.3 Å². The summed E-state index contributed by atoms with van der Waals surface area (Å²) in [6.45, 7) is 0.245. The lowest BCUT2D eigenvalue weighted by atomic mass is 10.0. The molecule has 1 aromatic heterocycles. The van der Waals surface area contributed by atoms with Gasteiger partial charge in [0.2, 0.25) is 0 Å². The fraction of sp³-hybridized carbons (Fsp3) is 0.333. The molecule has 126 valence electrons. The molecule has 3 rings (SSSR count). The van der Waals surface area contributed by atoms with Crippen LogP contribution < -0.4 is 4.90 Å². The van der Waals surface area contributed by atoms with E-state index in [0.29, 0.717) is 12.1 Å². The van der Waals surface area contributed by atoms with Gasteiger partial charge in [-0.1, -0.05) is 12.1 Å². The lowest BCUT2D eigenvalue weighted by Crippen LogP contribution is -2.32. The third kappa shape index (κ3) is 3.23. The molecular weight excluding hydrogens is 309 g/mol. The van der Waals surface area contributed by atoms with E-state index >= 15 is 0 Å². The number of benzene rings is 1. The average molecular weight is 329 g/mol. The first-order chi connectivity index (χ1) is 11.5. The Morgan fingerprint density at radius 3 is 2.67 bits per heavy atom. The second-order valence-corrected chi connectivity index (χ2v) is 6.21. The maximum atomic E-state index is 13.1. The van der Waals surface area contributed by atoms with Crippen molar-refractivity contribution in [1.29, 1.82) is 0 Å². The number of nitrogens with zero attached hydrogens (tertiary/aromatic N) is 3. The standard InChI is InChI=1S/C18H20FN3O2/c1-21(2)14-7-8-20-16(9-14)18(24)22-11-15(23)10-17(22)12-3-5-13(19)6-4-12/h3-9,15,17,23H,10-11H2,1-2H3/t15-,17+/m0/s1. The predicted octanol–water partition coefficient (Wildman–Crippen LogP) is 2.23. The normalized spacial score (nSPS) is 20.2. The molecule has 1 aliphatic heterocycles. The molecule has 0 aliphatic carbocycles. The van der Waals surface area contributed by atoms with Crippen LogP contribution in [0.2, 0.25) is 0 Å². The monoisotopic (exact) mass is 329 g/mol. The molecule has 6 heteroatoms. The van der Waals surface area contributed by atoms with E-state index in [1.165, 1.54) is 12.1 Å². The molecule has 0 bridgehead atoms. The van der Waals surface area contributed by atoms with Gasteiger partial charge in [-0.05, 0) is 36.2 Å². The number of likely N-dealkylation sites (tertiary alicyclic amines) is 1. The molecule has 24 heavy (non-hydrogen) atoms. The second-order valence-electron chi connectivity index (χ2n) is 6.21. The Morgan fingerprint density at radius 2 is 2.00 bits per heavy atom. The molecule has 5 nitrogen and oxygen atoms in total. The summed E-state index contributed by atoms with van der Waals surface area (Å²) >= 11 is 0. The van der Waals surface area contributed by atoms with Crippen molar-refractivity contribution in [2.75, 3.05) is 25.5 Å². The number of carbonyl (C=O) groups is 1. The summed E-state index contributed by atoms with van der Waals surface area (Å²) in [5.41, 5.74) is 2.03. The van der Waals surface area contributed by atoms with E-state index in [4.69, 9.17) is 0 Å². The Morgan fingerprint density at radius 1 is 1.29 bits per heavy atom. The number of aliphatic hydroxyl groups excluding tert-OH is 1. The van der Waals surface area contributed by atoms with Crippen molar-refractivity contribution >= 4 is 11.6 Å². The van der Waals surface area contributed by atoms with E-state index in [2.05, 4.69) is 4.98 Å². The van der Waals surface area contributed by atoms with Gasteiger partial charge in [0, 0.05) is 32.5 Å². The zero-order chi connectivity index (χ0) is 17.3. The molecule has 1 aliphatic rings. The molecule has 0 radical (unpaired) electrons. The minimum absolute atomic E-state index is 0.232. The highest BCUT2D eigenvalue weighted by Crippen LogP contribution is 2.33. The van der Waals surface area contributed by atoms with E-state index in [1.54, 1.807) is 29.3 Å². The third-order valence-electron chi connectivity index (χ3n) is 4.27. The Balaban J connectivity index is 1.89. The van der Waals surface area contributed by atoms with E-state index in [1.807, 2.05) is 25.1 Å². The summed E-state index contributed by atoms with van der Waals surface area (Å²) in [6.07, 6.45) is 1.44. The van der Waals surface area contributed by atoms with Crippen LogP contribution in [0.3, 0.4) is 0 Å². The predicted molar refractivity (Wildman–Crippen MR) is 89.4 cm³/mol. The van der Waals surface area contributed by atoms with E-state index in [0.717, 1.165) is 11.3 Å². The highest BCUT2D eigenvalue weighted by atomic mass is 19.1. The molecular formula is C18H20FN3O2. The Bertz CT molecular complexity index is 733. The van der Waals surface area contributed by atoms with Gasteiger partial charge in [0.25, 0.3) is 5.91 Å². The van der Waals surface area contributed by atoms with Gasteiger partial charge < -0.3 is 14.9 Å². The van der Waals surface area contributed by atoms with Gasteiger partial charge in [-0.2, -0.15) is 0 Å². The number of halogens is 1. The van der Waals surface area contributed by atoms with Crippen molar-refractivity contribution in [2.24, 2.45) is 0 Å². The van der Waals surface area contributed by atoms with Crippen LogP contribution in [0.5, 0.6) is 0 Å². The number of carbonyl (C=O) groups excluding carboxylic acids is 1. The van der Waals surface area contributed by atoms with Gasteiger partial charge in [-0.25, -0.2) is 4.39 Å². The molecule has 1 amide bonds. The number of aliphatic hydroxyl groups is 1. The van der Waals surface area contributed by atoms with E-state index < -0.39 is 6.10 Å². The zero-order valence-electron chi connectivity index (χ0n) is 13.7. The maximum absolute atomic E-state index is 13.1. The molecule has 0 unspecified atom stereocenters. The smallest absolute Gasteiger partial charge is 0.273 e. The van der Waals surface area contributed by atoms with Crippen LogP contribution >= 0.6 is 0 Å². The number of hydrogen-bond acceptors (Lipinski definition) is 4. The van der Waals surface area contributed by atoms with Crippen molar-refractivity contribution in [2.45, 2.75) is 18.6 Å². The minimum atomic E-state index is -0.596. The molecule has 1 aromatic carbocycles. The highest BCUT2D eigenvalue weighted by Gasteiger charge is 2.36. The van der Waals surface area contributed by atoms with Crippen LogP contribution in [0, 0.1) is 5.82 Å². The van der Waals surface area contributed by atoms with Gasteiger partial charge >= 0.3 is 0 Å². The largest absolute Gasteiger partial charge is 0.391 e. The SMILES string of the molecule is CN(C)c1ccnc(C(=O)N2C[C@@H](O)C[C@@H]2c2ccc(F)cc2)c1. The van der Waals surface area contributed by atoms with Gasteiger partial charge in [0.1, 0.15) is 11.5 Å². The topological polar surface area (TPSA) is 56.7 Å². The van der Waals surface area contributed by atoms with Gasteiger partial charge in [-0.3, -0.25) is 9.78 Å². The van der Waals surface area contributed by atoms with Crippen molar-refractivity contribution in [3.63, 3.8) is 0 Å². The number of aromatic nitrogens is 1. The van der Waals surface area contributed by atoms with Gasteiger partial charge in [-0.15, -0.1) is 0 Å².